The number of thiophene rings is 1. The van der Waals surface area contributed by atoms with E-state index in [2.05, 4.69) is 0 Å². The maximum absolute atomic E-state index is 13.1. The molecule has 4 heteroatoms. The summed E-state index contributed by atoms with van der Waals surface area (Å²) >= 11 is 1.38. The highest BCUT2D eigenvalue weighted by atomic mass is 32.1. The maximum atomic E-state index is 13.1. The Morgan fingerprint density at radius 3 is 2.22 bits per heavy atom. The summed E-state index contributed by atoms with van der Waals surface area (Å²) in [5, 5.41) is 1.89. The van der Waals surface area contributed by atoms with Crippen LogP contribution >= 0.6 is 11.3 Å². The van der Waals surface area contributed by atoms with E-state index in [-0.39, 0.29) is 17.2 Å². The molecule has 3 nitrogen and oxygen atoms in total. The molecule has 0 spiro atoms. The first-order chi connectivity index (χ1) is 11.0. The number of Topliss-reactive ketones (excluding diaryl/α,β-unsaturated/α-hetero) is 1. The van der Waals surface area contributed by atoms with Crippen LogP contribution in [-0.2, 0) is 9.53 Å². The molecule has 4 bridgehead atoms. The molecule has 0 radical (unpaired) electrons. The Morgan fingerprint density at radius 1 is 1.17 bits per heavy atom. The molecule has 5 rings (SSSR count). The van der Waals surface area contributed by atoms with E-state index in [4.69, 9.17) is 4.74 Å². The van der Waals surface area contributed by atoms with Gasteiger partial charge < -0.3 is 4.74 Å². The molecule has 0 amide bonds. The number of ketones is 1. The van der Waals surface area contributed by atoms with Crippen molar-refractivity contribution in [3.8, 4) is 0 Å². The minimum Gasteiger partial charge on any atom is -0.450 e. The second-order valence-corrected chi connectivity index (χ2v) is 8.96. The number of esters is 1. The van der Waals surface area contributed by atoms with E-state index in [1.165, 1.54) is 30.6 Å². The highest BCUT2D eigenvalue weighted by Gasteiger charge is 2.55. The fourth-order valence-electron chi connectivity index (χ4n) is 5.69. The lowest BCUT2D eigenvalue weighted by Gasteiger charge is -2.56. The zero-order valence-corrected chi connectivity index (χ0v) is 14.7. The lowest BCUT2D eigenvalue weighted by Crippen LogP contribution is -2.52. The average Bonchev–Trinajstić information content (AvgIpc) is 2.91. The first-order valence-electron chi connectivity index (χ1n) is 8.76. The number of hydrogen-bond donors (Lipinski definition) is 0. The predicted octanol–water partition coefficient (Wildman–Crippen LogP) is 4.39. The van der Waals surface area contributed by atoms with Gasteiger partial charge in [-0.05, 0) is 87.1 Å². The lowest BCUT2D eigenvalue weighted by atomic mass is 9.48. The second kappa shape index (κ2) is 5.44. The first-order valence-corrected chi connectivity index (χ1v) is 9.64. The van der Waals surface area contributed by atoms with E-state index in [1.807, 2.05) is 18.4 Å². The van der Waals surface area contributed by atoms with Crippen molar-refractivity contribution in [2.24, 2.45) is 23.2 Å². The van der Waals surface area contributed by atoms with Gasteiger partial charge in [-0.3, -0.25) is 4.79 Å². The van der Waals surface area contributed by atoms with Crippen molar-refractivity contribution in [1.82, 2.24) is 0 Å². The highest BCUT2D eigenvalue weighted by molar-refractivity contribution is 7.12. The highest BCUT2D eigenvalue weighted by Crippen LogP contribution is 2.60. The van der Waals surface area contributed by atoms with E-state index in [0.29, 0.717) is 4.88 Å². The summed E-state index contributed by atoms with van der Waals surface area (Å²) in [5.74, 6) is 2.02. The fourth-order valence-corrected chi connectivity index (χ4v) is 6.50. The minimum absolute atomic E-state index is 0.180. The van der Waals surface area contributed by atoms with E-state index < -0.39 is 6.10 Å². The van der Waals surface area contributed by atoms with Crippen molar-refractivity contribution < 1.29 is 14.3 Å². The van der Waals surface area contributed by atoms with Crippen LogP contribution in [0.25, 0.3) is 0 Å². The minimum atomic E-state index is -0.625. The largest absolute Gasteiger partial charge is 0.450 e. The Labute approximate surface area is 141 Å². The summed E-state index contributed by atoms with van der Waals surface area (Å²) in [6.45, 7) is 3.67. The van der Waals surface area contributed by atoms with Gasteiger partial charge in [-0.2, -0.15) is 0 Å². The molecule has 4 fully saturated rings. The fraction of sp³-hybridized carbons (Fsp3) is 0.684. The molecular weight excluding hydrogens is 308 g/mol. The van der Waals surface area contributed by atoms with Crippen LogP contribution in [0.3, 0.4) is 0 Å². The van der Waals surface area contributed by atoms with Crippen LogP contribution < -0.4 is 0 Å². The molecule has 0 unspecified atom stereocenters. The molecular formula is C19H24O3S. The molecule has 4 saturated carbocycles. The van der Waals surface area contributed by atoms with E-state index >= 15 is 0 Å². The van der Waals surface area contributed by atoms with Crippen LogP contribution in [0.2, 0.25) is 0 Å². The Bertz CT molecular complexity index is 610. The molecule has 0 saturated heterocycles. The summed E-state index contributed by atoms with van der Waals surface area (Å²) in [6.07, 6.45) is 6.40. The Morgan fingerprint density at radius 2 is 1.74 bits per heavy atom. The molecule has 0 aromatic carbocycles. The number of hydrogen-bond acceptors (Lipinski definition) is 4. The molecule has 1 aromatic heterocycles. The topological polar surface area (TPSA) is 43.4 Å². The van der Waals surface area contributed by atoms with Crippen LogP contribution in [0.1, 0.15) is 60.7 Å². The monoisotopic (exact) mass is 332 g/mol. The van der Waals surface area contributed by atoms with Gasteiger partial charge in [-0.25, -0.2) is 4.79 Å². The van der Waals surface area contributed by atoms with Gasteiger partial charge in [0.2, 0.25) is 0 Å². The van der Waals surface area contributed by atoms with E-state index in [0.717, 1.165) is 42.6 Å². The molecule has 1 aromatic rings. The molecule has 0 aliphatic heterocycles. The third-order valence-corrected chi connectivity index (χ3v) is 7.26. The van der Waals surface area contributed by atoms with E-state index in [9.17, 15) is 9.59 Å². The van der Waals surface area contributed by atoms with Crippen LogP contribution in [0.15, 0.2) is 11.4 Å². The molecule has 4 aliphatic rings. The van der Waals surface area contributed by atoms with Crippen molar-refractivity contribution in [2.75, 3.05) is 0 Å². The second-order valence-electron chi connectivity index (χ2n) is 8.04. The summed E-state index contributed by atoms with van der Waals surface area (Å²) in [5.41, 5.74) is 0.730. The first kappa shape index (κ1) is 15.4. The van der Waals surface area contributed by atoms with Gasteiger partial charge >= 0.3 is 5.97 Å². The van der Waals surface area contributed by atoms with Crippen LogP contribution in [-0.4, -0.2) is 17.9 Å². The summed E-state index contributed by atoms with van der Waals surface area (Å²) in [6, 6.07) is 1.91. The Hall–Kier alpha value is -1.16. The molecule has 1 atom stereocenters. The number of carbonyl (C=O) groups is 2. The van der Waals surface area contributed by atoms with Gasteiger partial charge in [0, 0.05) is 5.41 Å². The number of aryl methyl sites for hydroxylation is 1. The third-order valence-electron chi connectivity index (χ3n) is 6.26. The quantitative estimate of drug-likeness (QED) is 0.768. The van der Waals surface area contributed by atoms with Gasteiger partial charge in [0.05, 0.1) is 0 Å². The molecule has 124 valence electrons. The van der Waals surface area contributed by atoms with Crippen molar-refractivity contribution in [3.63, 3.8) is 0 Å². The number of rotatable bonds is 4. The van der Waals surface area contributed by atoms with E-state index in [1.54, 1.807) is 6.92 Å². The van der Waals surface area contributed by atoms with Crippen LogP contribution in [0, 0.1) is 30.1 Å². The number of carbonyl (C=O) groups excluding carboxylic acids is 2. The van der Waals surface area contributed by atoms with Crippen LogP contribution in [0.4, 0.5) is 0 Å². The zero-order valence-electron chi connectivity index (χ0n) is 13.8. The average molecular weight is 332 g/mol. The van der Waals surface area contributed by atoms with Crippen molar-refractivity contribution in [2.45, 2.75) is 58.5 Å². The smallest absolute Gasteiger partial charge is 0.349 e. The SMILES string of the molecule is Cc1ccsc1C(=O)O[C@@H](C)C(=O)C12CC3CC(CC(C3)C1)C2. The molecule has 23 heavy (non-hydrogen) atoms. The van der Waals surface area contributed by atoms with Gasteiger partial charge in [-0.15, -0.1) is 11.3 Å². The number of ether oxygens (including phenoxy) is 1. The van der Waals surface area contributed by atoms with Gasteiger partial charge in [-0.1, -0.05) is 0 Å². The van der Waals surface area contributed by atoms with Crippen molar-refractivity contribution in [1.29, 1.82) is 0 Å². The predicted molar refractivity (Wildman–Crippen MR) is 89.5 cm³/mol. The maximum Gasteiger partial charge on any atom is 0.349 e. The molecule has 1 heterocycles. The van der Waals surface area contributed by atoms with Crippen molar-refractivity contribution in [3.05, 3.63) is 21.9 Å². The zero-order chi connectivity index (χ0) is 16.2. The van der Waals surface area contributed by atoms with Gasteiger partial charge in [0.1, 0.15) is 4.88 Å². The molecule has 4 aliphatic carbocycles. The van der Waals surface area contributed by atoms with Gasteiger partial charge in [0.15, 0.2) is 11.9 Å². The van der Waals surface area contributed by atoms with Gasteiger partial charge in [0.25, 0.3) is 0 Å². The third kappa shape index (κ3) is 2.55. The van der Waals surface area contributed by atoms with Crippen molar-refractivity contribution >= 4 is 23.1 Å². The standard InChI is InChI=1S/C19H24O3S/c1-11-3-4-23-16(11)18(21)22-12(2)17(20)19-8-13-5-14(9-19)7-15(6-13)10-19/h3-4,12-15H,5-10H2,1-2H3/t12-,13?,14?,15?,19?/m0/s1. The Kier molecular flexibility index (Phi) is 3.63. The summed E-state index contributed by atoms with van der Waals surface area (Å²) in [4.78, 5) is 26.0. The normalized spacial score (nSPS) is 36.0. The summed E-state index contributed by atoms with van der Waals surface area (Å²) < 4.78 is 5.55. The lowest BCUT2D eigenvalue weighted by molar-refractivity contribution is -0.152. The van der Waals surface area contributed by atoms with Crippen LogP contribution in [0.5, 0.6) is 0 Å². The Balaban J connectivity index is 1.48. The molecule has 0 N–H and O–H groups in total. The summed E-state index contributed by atoms with van der Waals surface area (Å²) in [7, 11) is 0.